The third-order valence-electron chi connectivity index (χ3n) is 13.5. The van der Waals surface area contributed by atoms with E-state index in [2.05, 4.69) is 115 Å². The lowest BCUT2D eigenvalue weighted by molar-refractivity contribution is 1.26. The summed E-state index contributed by atoms with van der Waals surface area (Å²) >= 11 is 38.4. The van der Waals surface area contributed by atoms with Gasteiger partial charge in [0.25, 0.3) is 0 Å². The van der Waals surface area contributed by atoms with Gasteiger partial charge in [-0.3, -0.25) is 0 Å². The number of benzene rings is 5. The number of hydrogen-bond acceptors (Lipinski definition) is 10. The van der Waals surface area contributed by atoms with Crippen molar-refractivity contribution in [1.82, 2.24) is 49.8 Å². The summed E-state index contributed by atoms with van der Waals surface area (Å²) in [6, 6.07) is 59.6. The second kappa shape index (κ2) is 29.6. The number of nitrogens with one attached hydrogen (secondary N) is 5. The maximum Gasteiger partial charge on any atom is 0.148 e. The number of thiophene rings is 5. The smallest absolute Gasteiger partial charge is 0.148 e. The SMILES string of the molecule is Cc1[nH]c(-c2cccs2)nc1-c1ccc(Cl)c(Cl)c1.Cc1[nH]c(-c2cccs2)nc1-c1ccc(Cl)cc1.Cc1[nH]c(-c2cccs2)nc1-c1ccc(Cl)cc1Cl.Cc1[nH]c(-c2cccs2)nc1-c1ccccc1.c1ccc(-c2cnc(-c3cccs3)[nH]2)cc1. The fourth-order valence-electron chi connectivity index (χ4n) is 9.22. The van der Waals surface area contributed by atoms with Crippen LogP contribution in [0.1, 0.15) is 22.8 Å². The predicted octanol–water partition coefficient (Wildman–Crippen LogP) is 23.5. The number of imidazole rings is 5. The first kappa shape index (κ1) is 62.7. The van der Waals surface area contributed by atoms with Gasteiger partial charge >= 0.3 is 0 Å². The fraction of sp³-hybridized carbons (Fsp3) is 0.0580. The molecule has 10 aromatic heterocycles. The van der Waals surface area contributed by atoms with Crippen LogP contribution in [-0.2, 0) is 0 Å². The molecule has 10 nitrogen and oxygen atoms in total. The van der Waals surface area contributed by atoms with Crippen LogP contribution in [0.2, 0.25) is 25.1 Å². The quantitative estimate of drug-likeness (QED) is 0.0927. The van der Waals surface area contributed by atoms with Gasteiger partial charge in [-0.05, 0) is 133 Å². The van der Waals surface area contributed by atoms with Crippen LogP contribution >= 0.6 is 115 Å². The highest BCUT2D eigenvalue weighted by atomic mass is 35.5. The standard InChI is InChI=1S/2C14H10Cl2N2S.C14H11ClN2S.C14H12N2S.C13H10N2S/c1-8-13(10-5-4-9(15)7-11(10)16)18-14(17-8)12-3-2-6-19-12;1-8-13(9-4-5-10(15)11(16)7-9)18-14(17-8)12-3-2-6-19-12;1-9-13(10-4-6-11(15)7-5-10)17-14(16-9)12-3-2-8-18-12;1-10-13(11-6-3-2-4-7-11)16-14(15-10)12-8-5-9-17-12;1-2-5-10(6-3-1)11-9-14-13(15-11)12-7-4-8-16-12/h2*2-7H,1H3,(H,17,18);2-8H,1H3,(H,16,17);2-9H,1H3,(H,15,16);1-9H,(H,14,15). The molecule has 89 heavy (non-hydrogen) atoms. The molecule has 5 N–H and O–H groups in total. The Balaban J connectivity index is 0.000000115. The molecular weight excluding hydrogens is 1310 g/mol. The van der Waals surface area contributed by atoms with Gasteiger partial charge in [0.05, 0.1) is 74.1 Å². The first-order chi connectivity index (χ1) is 43.3. The number of aryl methyl sites for hydroxylation is 4. The summed E-state index contributed by atoms with van der Waals surface area (Å²) in [5, 5.41) is 13.3. The van der Waals surface area contributed by atoms with Gasteiger partial charge < -0.3 is 24.9 Å². The summed E-state index contributed by atoms with van der Waals surface area (Å²) in [5.74, 6) is 4.57. The zero-order valence-electron chi connectivity index (χ0n) is 48.0. The van der Waals surface area contributed by atoms with Gasteiger partial charge in [0, 0.05) is 55.1 Å². The zero-order chi connectivity index (χ0) is 61.8. The van der Waals surface area contributed by atoms with Crippen LogP contribution in [0, 0.1) is 27.7 Å². The van der Waals surface area contributed by atoms with Gasteiger partial charge in [-0.1, -0.05) is 167 Å². The predicted molar refractivity (Wildman–Crippen MR) is 381 cm³/mol. The molecule has 15 rings (SSSR count). The van der Waals surface area contributed by atoms with Gasteiger partial charge in [0.2, 0.25) is 0 Å². The molecule has 0 saturated heterocycles. The topological polar surface area (TPSA) is 143 Å². The average molecular weight is 1360 g/mol. The fourth-order valence-corrected chi connectivity index (χ4v) is 13.5. The molecule has 5 aromatic carbocycles. The van der Waals surface area contributed by atoms with E-state index in [1.165, 1.54) is 9.75 Å². The Morgan fingerprint density at radius 2 is 0.685 bits per heavy atom. The van der Waals surface area contributed by atoms with E-state index >= 15 is 0 Å². The summed E-state index contributed by atoms with van der Waals surface area (Å²) in [6.45, 7) is 8.09. The Labute approximate surface area is 560 Å². The molecule has 0 fully saturated rings. The normalized spacial score (nSPS) is 10.8. The summed E-state index contributed by atoms with van der Waals surface area (Å²) in [4.78, 5) is 45.3. The number of halogens is 5. The van der Waals surface area contributed by atoms with Crippen LogP contribution in [0.15, 0.2) is 215 Å². The van der Waals surface area contributed by atoms with Crippen molar-refractivity contribution in [3.63, 3.8) is 0 Å². The van der Waals surface area contributed by atoms with Crippen LogP contribution in [0.3, 0.4) is 0 Å². The Kier molecular flexibility index (Phi) is 20.9. The van der Waals surface area contributed by atoms with Crippen molar-refractivity contribution in [1.29, 1.82) is 0 Å². The van der Waals surface area contributed by atoms with Gasteiger partial charge in [-0.15, -0.1) is 56.7 Å². The average Bonchev–Trinajstić information content (AvgIpc) is 4.51. The molecule has 0 saturated carbocycles. The first-order valence-corrected chi connectivity index (χ1v) is 33.9. The highest BCUT2D eigenvalue weighted by Gasteiger charge is 2.17. The van der Waals surface area contributed by atoms with Crippen LogP contribution < -0.4 is 0 Å². The lowest BCUT2D eigenvalue weighted by Crippen LogP contribution is -1.83. The second-order valence-corrected chi connectivity index (χ2v) is 26.6. The van der Waals surface area contributed by atoms with Crippen LogP contribution in [0.4, 0.5) is 0 Å². The minimum Gasteiger partial charge on any atom is -0.341 e. The third kappa shape index (κ3) is 15.8. The molecule has 0 aliphatic rings. The molecule has 20 heteroatoms. The molecule has 0 bridgehead atoms. The number of aromatic amines is 5. The van der Waals surface area contributed by atoms with E-state index in [-0.39, 0.29) is 0 Å². The number of rotatable bonds is 10. The molecular formula is C69H53Cl5N10S5. The molecule has 444 valence electrons. The van der Waals surface area contributed by atoms with E-state index in [0.717, 1.165) is 128 Å². The lowest BCUT2D eigenvalue weighted by atomic mass is 10.1. The molecule has 10 heterocycles. The van der Waals surface area contributed by atoms with Gasteiger partial charge in [0.15, 0.2) is 0 Å². The number of hydrogen-bond donors (Lipinski definition) is 5. The van der Waals surface area contributed by atoms with Gasteiger partial charge in [-0.2, -0.15) is 0 Å². The van der Waals surface area contributed by atoms with Gasteiger partial charge in [-0.25, -0.2) is 24.9 Å². The van der Waals surface area contributed by atoms with E-state index < -0.39 is 0 Å². The van der Waals surface area contributed by atoms with Crippen LogP contribution in [0.5, 0.6) is 0 Å². The van der Waals surface area contributed by atoms with E-state index in [0.29, 0.717) is 20.1 Å². The number of aromatic nitrogens is 10. The summed E-state index contributed by atoms with van der Waals surface area (Å²) in [7, 11) is 0. The molecule has 0 unspecified atom stereocenters. The first-order valence-electron chi connectivity index (χ1n) is 27.6. The van der Waals surface area contributed by atoms with E-state index in [1.54, 1.807) is 68.8 Å². The van der Waals surface area contributed by atoms with Crippen molar-refractivity contribution in [3.05, 3.63) is 263 Å². The van der Waals surface area contributed by atoms with Crippen molar-refractivity contribution in [2.75, 3.05) is 0 Å². The van der Waals surface area contributed by atoms with Crippen LogP contribution in [-0.4, -0.2) is 49.8 Å². The molecule has 0 aliphatic heterocycles. The monoisotopic (exact) mass is 1360 g/mol. The molecule has 15 aromatic rings. The van der Waals surface area contributed by atoms with E-state index in [1.807, 2.05) is 165 Å². The molecule has 0 spiro atoms. The van der Waals surface area contributed by atoms with E-state index in [9.17, 15) is 0 Å². The van der Waals surface area contributed by atoms with Crippen molar-refractivity contribution >= 4 is 115 Å². The Morgan fingerprint density at radius 1 is 0.303 bits per heavy atom. The van der Waals surface area contributed by atoms with Crippen molar-refractivity contribution in [2.24, 2.45) is 0 Å². The summed E-state index contributed by atoms with van der Waals surface area (Å²) < 4.78 is 0. The maximum atomic E-state index is 6.23. The molecule has 0 aliphatic carbocycles. The van der Waals surface area contributed by atoms with Crippen molar-refractivity contribution < 1.29 is 0 Å². The second-order valence-electron chi connectivity index (χ2n) is 19.8. The highest BCUT2D eigenvalue weighted by Crippen LogP contribution is 2.36. The van der Waals surface area contributed by atoms with E-state index in [4.69, 9.17) is 58.0 Å². The zero-order valence-corrected chi connectivity index (χ0v) is 55.8. The third-order valence-corrected chi connectivity index (χ3v) is 19.4. The Bertz CT molecular complexity index is 4650. The minimum atomic E-state index is 0.541. The van der Waals surface area contributed by atoms with Crippen molar-refractivity contribution in [2.45, 2.75) is 27.7 Å². The maximum absolute atomic E-state index is 6.23. The molecule has 0 atom stereocenters. The summed E-state index contributed by atoms with van der Waals surface area (Å²) in [5.41, 5.74) is 14.3. The molecule has 0 amide bonds. The highest BCUT2D eigenvalue weighted by molar-refractivity contribution is 7.14. The number of nitrogens with zero attached hydrogens (tertiary/aromatic N) is 5. The molecule has 0 radical (unpaired) electrons. The van der Waals surface area contributed by atoms with Crippen molar-refractivity contribution in [3.8, 4) is 110 Å². The lowest BCUT2D eigenvalue weighted by Gasteiger charge is -2.02. The van der Waals surface area contributed by atoms with Crippen LogP contribution in [0.25, 0.3) is 110 Å². The minimum absolute atomic E-state index is 0.541. The Morgan fingerprint density at radius 3 is 1.11 bits per heavy atom. The number of H-pyrrole nitrogens is 5. The summed E-state index contributed by atoms with van der Waals surface area (Å²) in [6.07, 6.45) is 1.88. The Hall–Kier alpha value is -7.90. The van der Waals surface area contributed by atoms with Gasteiger partial charge in [0.1, 0.15) is 29.1 Å². The largest absolute Gasteiger partial charge is 0.341 e.